The van der Waals surface area contributed by atoms with Crippen LogP contribution in [-0.2, 0) is 4.74 Å². The van der Waals surface area contributed by atoms with Gasteiger partial charge in [-0.15, -0.1) is 6.58 Å². The number of hydrogen-bond acceptors (Lipinski definition) is 3. The van der Waals surface area contributed by atoms with E-state index in [0.29, 0.717) is 6.61 Å². The Balaban J connectivity index is 2.47. The lowest BCUT2D eigenvalue weighted by Gasteiger charge is -2.12. The van der Waals surface area contributed by atoms with Crippen LogP contribution in [0.1, 0.15) is 19.3 Å². The van der Waals surface area contributed by atoms with E-state index in [1.807, 2.05) is 24.3 Å². The maximum Gasteiger partial charge on any atom is 0.188 e. The van der Waals surface area contributed by atoms with Crippen LogP contribution in [0.25, 0.3) is 0 Å². The maximum atomic E-state index is 5.70. The lowest BCUT2D eigenvalue weighted by molar-refractivity contribution is 0.0503. The molecule has 1 rings (SSSR count). The third-order valence-electron chi connectivity index (χ3n) is 2.32. The van der Waals surface area contributed by atoms with Gasteiger partial charge in [0.2, 0.25) is 0 Å². The van der Waals surface area contributed by atoms with Gasteiger partial charge < -0.3 is 14.2 Å². The van der Waals surface area contributed by atoms with Crippen molar-refractivity contribution in [3.63, 3.8) is 0 Å². The number of allylic oxidation sites excluding steroid dienone is 1. The van der Waals surface area contributed by atoms with Crippen molar-refractivity contribution >= 4 is 15.9 Å². The molecule has 0 fully saturated rings. The normalized spacial score (nSPS) is 10.1. The summed E-state index contributed by atoms with van der Waals surface area (Å²) < 4.78 is 16.8. The average molecular weight is 315 g/mol. The molecule has 0 aliphatic carbocycles. The van der Waals surface area contributed by atoms with Crippen molar-refractivity contribution in [1.82, 2.24) is 0 Å². The van der Waals surface area contributed by atoms with E-state index >= 15 is 0 Å². The van der Waals surface area contributed by atoms with E-state index in [1.54, 1.807) is 7.11 Å². The van der Waals surface area contributed by atoms with Gasteiger partial charge >= 0.3 is 0 Å². The molecule has 0 unspecified atom stereocenters. The zero-order chi connectivity index (χ0) is 13.2. The predicted molar refractivity (Wildman–Crippen MR) is 76.2 cm³/mol. The van der Waals surface area contributed by atoms with Crippen LogP contribution in [0.15, 0.2) is 35.3 Å². The highest BCUT2D eigenvalue weighted by Gasteiger charge is 2.07. The molecule has 0 bridgehead atoms. The summed E-state index contributed by atoms with van der Waals surface area (Å²) in [6.45, 7) is 4.61. The maximum absolute atomic E-state index is 5.70. The summed E-state index contributed by atoms with van der Waals surface area (Å²) in [6.07, 6.45) is 5.07. The fourth-order valence-corrected chi connectivity index (χ4v) is 1.90. The molecular formula is C14H19BrO3. The fourth-order valence-electron chi connectivity index (χ4n) is 1.41. The topological polar surface area (TPSA) is 27.7 Å². The first-order valence-electron chi connectivity index (χ1n) is 5.93. The summed E-state index contributed by atoms with van der Waals surface area (Å²) >= 11 is 3.47. The van der Waals surface area contributed by atoms with Gasteiger partial charge in [-0.05, 0) is 47.3 Å². The minimum absolute atomic E-state index is 0.224. The molecule has 0 N–H and O–H groups in total. The van der Waals surface area contributed by atoms with E-state index in [9.17, 15) is 0 Å². The van der Waals surface area contributed by atoms with Crippen LogP contribution in [0, 0.1) is 0 Å². The summed E-state index contributed by atoms with van der Waals surface area (Å²) in [7, 11) is 1.59. The second-order valence-electron chi connectivity index (χ2n) is 3.75. The van der Waals surface area contributed by atoms with Gasteiger partial charge in [0, 0.05) is 7.11 Å². The Morgan fingerprint density at radius 2 is 1.94 bits per heavy atom. The number of benzene rings is 1. The monoisotopic (exact) mass is 314 g/mol. The van der Waals surface area contributed by atoms with Crippen LogP contribution >= 0.6 is 15.9 Å². The van der Waals surface area contributed by atoms with Crippen LogP contribution in [0.5, 0.6) is 11.5 Å². The van der Waals surface area contributed by atoms with E-state index in [1.165, 1.54) is 0 Å². The van der Waals surface area contributed by atoms with Crippen LogP contribution in [0.4, 0.5) is 0 Å². The van der Waals surface area contributed by atoms with Gasteiger partial charge in [0.25, 0.3) is 0 Å². The van der Waals surface area contributed by atoms with Crippen LogP contribution in [0.3, 0.4) is 0 Å². The molecule has 0 spiro atoms. The van der Waals surface area contributed by atoms with Gasteiger partial charge in [0.1, 0.15) is 16.0 Å². The minimum atomic E-state index is 0.224. The highest BCUT2D eigenvalue weighted by atomic mass is 79.9. The molecule has 4 heteroatoms. The van der Waals surface area contributed by atoms with Crippen molar-refractivity contribution in [2.75, 3.05) is 20.5 Å². The number of rotatable bonds is 9. The predicted octanol–water partition coefficient (Wildman–Crippen LogP) is 4.17. The lowest BCUT2D eigenvalue weighted by Crippen LogP contribution is -2.02. The third kappa shape index (κ3) is 5.10. The summed E-state index contributed by atoms with van der Waals surface area (Å²) in [5.41, 5.74) is 0. The van der Waals surface area contributed by atoms with Crippen molar-refractivity contribution in [3.8, 4) is 11.5 Å². The summed E-state index contributed by atoms with van der Waals surface area (Å²) in [6, 6.07) is 5.68. The Bertz CT molecular complexity index is 366. The van der Waals surface area contributed by atoms with Gasteiger partial charge in [-0.25, -0.2) is 0 Å². The van der Waals surface area contributed by atoms with Crippen molar-refractivity contribution in [1.29, 1.82) is 0 Å². The SMILES string of the molecule is C=CCCCCOc1cccc(OCOC)c1Br. The van der Waals surface area contributed by atoms with Gasteiger partial charge in [0.05, 0.1) is 6.61 Å². The first-order chi connectivity index (χ1) is 8.79. The van der Waals surface area contributed by atoms with Crippen molar-refractivity contribution in [2.24, 2.45) is 0 Å². The molecule has 0 aliphatic heterocycles. The Morgan fingerprint density at radius 1 is 1.22 bits per heavy atom. The van der Waals surface area contributed by atoms with E-state index in [-0.39, 0.29) is 6.79 Å². The van der Waals surface area contributed by atoms with Crippen LogP contribution < -0.4 is 9.47 Å². The molecule has 3 nitrogen and oxygen atoms in total. The molecule has 0 amide bonds. The number of hydrogen-bond donors (Lipinski definition) is 0. The Hall–Kier alpha value is -1.00. The first-order valence-corrected chi connectivity index (χ1v) is 6.73. The summed E-state index contributed by atoms with van der Waals surface area (Å²) in [5, 5.41) is 0. The van der Waals surface area contributed by atoms with Crippen molar-refractivity contribution < 1.29 is 14.2 Å². The zero-order valence-corrected chi connectivity index (χ0v) is 12.2. The zero-order valence-electron chi connectivity index (χ0n) is 10.7. The molecule has 0 radical (unpaired) electrons. The van der Waals surface area contributed by atoms with Crippen LogP contribution in [-0.4, -0.2) is 20.5 Å². The summed E-state index contributed by atoms with van der Waals surface area (Å²) in [4.78, 5) is 0. The van der Waals surface area contributed by atoms with Gasteiger partial charge in [0.15, 0.2) is 6.79 Å². The van der Waals surface area contributed by atoms with Crippen molar-refractivity contribution in [3.05, 3.63) is 35.3 Å². The molecule has 0 heterocycles. The smallest absolute Gasteiger partial charge is 0.188 e. The number of ether oxygens (including phenoxy) is 3. The molecule has 0 aromatic heterocycles. The van der Waals surface area contributed by atoms with E-state index in [0.717, 1.165) is 35.2 Å². The van der Waals surface area contributed by atoms with Gasteiger partial charge in [-0.1, -0.05) is 12.1 Å². The average Bonchev–Trinajstić information content (AvgIpc) is 2.39. The Labute approximate surface area is 117 Å². The highest BCUT2D eigenvalue weighted by molar-refractivity contribution is 9.10. The third-order valence-corrected chi connectivity index (χ3v) is 3.10. The molecule has 1 aromatic rings. The molecule has 0 atom stereocenters. The van der Waals surface area contributed by atoms with Crippen LogP contribution in [0.2, 0.25) is 0 Å². The Morgan fingerprint density at radius 3 is 2.61 bits per heavy atom. The standard InChI is InChI=1S/C14H19BrO3/c1-3-4-5-6-10-17-12-8-7-9-13(14(12)15)18-11-16-2/h3,7-9H,1,4-6,10-11H2,2H3. The number of unbranched alkanes of at least 4 members (excludes halogenated alkanes) is 2. The second-order valence-corrected chi connectivity index (χ2v) is 4.55. The quantitative estimate of drug-likeness (QED) is 0.389. The van der Waals surface area contributed by atoms with E-state index in [2.05, 4.69) is 22.5 Å². The van der Waals surface area contributed by atoms with E-state index in [4.69, 9.17) is 14.2 Å². The molecule has 18 heavy (non-hydrogen) atoms. The second kappa shape index (κ2) is 9.00. The molecule has 0 aliphatic rings. The Kier molecular flexibility index (Phi) is 7.53. The summed E-state index contributed by atoms with van der Waals surface area (Å²) in [5.74, 6) is 1.52. The number of methoxy groups -OCH3 is 1. The van der Waals surface area contributed by atoms with Crippen molar-refractivity contribution in [2.45, 2.75) is 19.3 Å². The number of halogens is 1. The first kappa shape index (κ1) is 15.1. The molecule has 0 saturated heterocycles. The minimum Gasteiger partial charge on any atom is -0.492 e. The molecule has 1 aromatic carbocycles. The fraction of sp³-hybridized carbons (Fsp3) is 0.429. The molecule has 0 saturated carbocycles. The van der Waals surface area contributed by atoms with E-state index < -0.39 is 0 Å². The van der Waals surface area contributed by atoms with Gasteiger partial charge in [-0.2, -0.15) is 0 Å². The largest absolute Gasteiger partial charge is 0.492 e. The lowest BCUT2D eigenvalue weighted by atomic mass is 10.2. The molecular weight excluding hydrogens is 296 g/mol. The highest BCUT2D eigenvalue weighted by Crippen LogP contribution is 2.34. The van der Waals surface area contributed by atoms with Gasteiger partial charge in [-0.3, -0.25) is 0 Å². The molecule has 100 valence electrons.